The number of thiophene rings is 1. The van der Waals surface area contributed by atoms with E-state index < -0.39 is 12.0 Å². The van der Waals surface area contributed by atoms with Crippen LogP contribution in [0, 0.1) is 0 Å². The molecule has 26 heavy (non-hydrogen) atoms. The van der Waals surface area contributed by atoms with Crippen LogP contribution in [-0.2, 0) is 4.79 Å². The number of aliphatic carboxylic acids is 1. The lowest BCUT2D eigenvalue weighted by molar-refractivity contribution is -0.144. The van der Waals surface area contributed by atoms with Gasteiger partial charge in [0.15, 0.2) is 0 Å². The molecule has 3 aromatic rings. The number of nitrogens with one attached hydrogen (secondary N) is 1. The van der Waals surface area contributed by atoms with Crippen LogP contribution in [0.5, 0.6) is 0 Å². The number of carboxylic acid groups (broad SMARTS) is 1. The van der Waals surface area contributed by atoms with E-state index in [2.05, 4.69) is 15.2 Å². The number of carbonyl (C=O) groups is 2. The van der Waals surface area contributed by atoms with E-state index in [0.717, 1.165) is 15.6 Å². The van der Waals surface area contributed by atoms with Crippen molar-refractivity contribution in [3.63, 3.8) is 0 Å². The molecule has 0 bridgehead atoms. The van der Waals surface area contributed by atoms with Gasteiger partial charge in [0.05, 0.1) is 0 Å². The van der Waals surface area contributed by atoms with Gasteiger partial charge in [-0.3, -0.25) is 19.6 Å². The van der Waals surface area contributed by atoms with Crippen LogP contribution in [0.2, 0.25) is 0 Å². The Balaban J connectivity index is 1.53. The highest BCUT2D eigenvalue weighted by atomic mass is 32.1. The van der Waals surface area contributed by atoms with E-state index in [1.165, 1.54) is 6.33 Å². The fraction of sp³-hybridized carbons (Fsp3) is 0.294. The van der Waals surface area contributed by atoms with E-state index >= 15 is 0 Å². The predicted molar refractivity (Wildman–Crippen MR) is 96.1 cm³/mol. The van der Waals surface area contributed by atoms with E-state index in [4.69, 9.17) is 0 Å². The van der Waals surface area contributed by atoms with E-state index in [-0.39, 0.29) is 11.7 Å². The van der Waals surface area contributed by atoms with Gasteiger partial charge in [-0.05, 0) is 22.4 Å². The van der Waals surface area contributed by atoms with Crippen molar-refractivity contribution in [2.75, 3.05) is 26.2 Å². The van der Waals surface area contributed by atoms with Crippen molar-refractivity contribution in [2.45, 2.75) is 6.04 Å². The Morgan fingerprint density at radius 3 is 2.65 bits per heavy atom. The summed E-state index contributed by atoms with van der Waals surface area (Å²) in [5.74, 6) is -0.879. The molecule has 1 atom stereocenters. The molecule has 134 valence electrons. The minimum Gasteiger partial charge on any atom is -0.480 e. The van der Waals surface area contributed by atoms with Gasteiger partial charge in [0, 0.05) is 30.9 Å². The first-order chi connectivity index (χ1) is 12.6. The predicted octanol–water partition coefficient (Wildman–Crippen LogP) is 1.60. The first-order valence-electron chi connectivity index (χ1n) is 8.23. The van der Waals surface area contributed by atoms with Crippen LogP contribution >= 0.6 is 11.3 Å². The maximum atomic E-state index is 12.3. The molecule has 3 heterocycles. The zero-order valence-electron chi connectivity index (χ0n) is 13.8. The second-order valence-corrected chi connectivity index (χ2v) is 7.00. The summed E-state index contributed by atoms with van der Waals surface area (Å²) in [6.45, 7) is 1.87. The summed E-state index contributed by atoms with van der Waals surface area (Å²) in [5.41, 5.74) is 0.813. The summed E-state index contributed by atoms with van der Waals surface area (Å²) in [4.78, 5) is 31.8. The van der Waals surface area contributed by atoms with E-state index in [0.29, 0.717) is 26.2 Å². The standard InChI is InChI=1S/C17H17N5O3S/c23-16(15-18-10-19-20-15)22-7-5-21(6-8-22)14(17(24)25)12-9-26-13-4-2-1-3-11(12)13/h1-4,9-10,14H,5-8H2,(H,24,25)(H,18,19,20)/t14-/m1/s1. The van der Waals surface area contributed by atoms with Crippen molar-refractivity contribution in [1.29, 1.82) is 0 Å². The third-order valence-electron chi connectivity index (χ3n) is 4.62. The van der Waals surface area contributed by atoms with Crippen LogP contribution in [-0.4, -0.2) is 68.1 Å². The monoisotopic (exact) mass is 371 g/mol. The smallest absolute Gasteiger partial charge is 0.325 e. The molecule has 1 amide bonds. The number of amides is 1. The zero-order valence-corrected chi connectivity index (χ0v) is 14.6. The van der Waals surface area contributed by atoms with Gasteiger partial charge in [-0.25, -0.2) is 4.98 Å². The van der Waals surface area contributed by atoms with Gasteiger partial charge >= 0.3 is 5.97 Å². The molecule has 1 aliphatic heterocycles. The number of nitrogens with zero attached hydrogens (tertiary/aromatic N) is 4. The number of hydrogen-bond donors (Lipinski definition) is 2. The number of fused-ring (bicyclic) bond motifs is 1. The molecule has 0 unspecified atom stereocenters. The maximum Gasteiger partial charge on any atom is 0.325 e. The molecule has 0 radical (unpaired) electrons. The molecule has 0 spiro atoms. The quantitative estimate of drug-likeness (QED) is 0.722. The molecule has 2 N–H and O–H groups in total. The van der Waals surface area contributed by atoms with Gasteiger partial charge in [0.25, 0.3) is 5.91 Å². The third-order valence-corrected chi connectivity index (χ3v) is 5.61. The molecule has 0 aliphatic carbocycles. The number of piperazine rings is 1. The largest absolute Gasteiger partial charge is 0.480 e. The van der Waals surface area contributed by atoms with Crippen LogP contribution in [0.15, 0.2) is 36.0 Å². The van der Waals surface area contributed by atoms with Crippen LogP contribution in [0.25, 0.3) is 10.1 Å². The molecule has 2 aromatic heterocycles. The van der Waals surface area contributed by atoms with Crippen molar-refractivity contribution in [1.82, 2.24) is 25.0 Å². The normalized spacial score (nSPS) is 16.7. The number of rotatable bonds is 4. The highest BCUT2D eigenvalue weighted by Gasteiger charge is 2.33. The van der Waals surface area contributed by atoms with Gasteiger partial charge in [-0.1, -0.05) is 18.2 Å². The number of H-pyrrole nitrogens is 1. The van der Waals surface area contributed by atoms with Gasteiger partial charge in [0.1, 0.15) is 12.4 Å². The van der Waals surface area contributed by atoms with Gasteiger partial charge in [0.2, 0.25) is 5.82 Å². The summed E-state index contributed by atoms with van der Waals surface area (Å²) in [6.07, 6.45) is 1.30. The number of aromatic amines is 1. The summed E-state index contributed by atoms with van der Waals surface area (Å²) in [6, 6.07) is 7.11. The Bertz CT molecular complexity index is 931. The summed E-state index contributed by atoms with van der Waals surface area (Å²) in [5, 5.41) is 19.0. The minimum absolute atomic E-state index is 0.206. The Kier molecular flexibility index (Phi) is 4.39. The molecule has 4 rings (SSSR count). The van der Waals surface area contributed by atoms with Crippen molar-refractivity contribution in [3.05, 3.63) is 47.4 Å². The second-order valence-electron chi connectivity index (χ2n) is 6.09. The fourth-order valence-electron chi connectivity index (χ4n) is 3.34. The Morgan fingerprint density at radius 1 is 1.19 bits per heavy atom. The van der Waals surface area contributed by atoms with Crippen molar-refractivity contribution in [3.8, 4) is 0 Å². The van der Waals surface area contributed by atoms with Crippen molar-refractivity contribution >= 4 is 33.3 Å². The van der Waals surface area contributed by atoms with E-state index in [1.807, 2.05) is 34.5 Å². The fourth-order valence-corrected chi connectivity index (χ4v) is 4.32. The lowest BCUT2D eigenvalue weighted by Gasteiger charge is -2.37. The average molecular weight is 371 g/mol. The molecule has 1 saturated heterocycles. The Morgan fingerprint density at radius 2 is 1.96 bits per heavy atom. The molecule has 0 saturated carbocycles. The summed E-state index contributed by atoms with van der Waals surface area (Å²) < 4.78 is 1.08. The first-order valence-corrected chi connectivity index (χ1v) is 9.11. The lowest BCUT2D eigenvalue weighted by atomic mass is 10.0. The van der Waals surface area contributed by atoms with Crippen LogP contribution in [0.3, 0.4) is 0 Å². The maximum absolute atomic E-state index is 12.3. The van der Waals surface area contributed by atoms with Crippen molar-refractivity contribution < 1.29 is 14.7 Å². The van der Waals surface area contributed by atoms with Gasteiger partial charge < -0.3 is 10.0 Å². The van der Waals surface area contributed by atoms with E-state index in [9.17, 15) is 14.7 Å². The number of aromatic nitrogens is 3. The van der Waals surface area contributed by atoms with Crippen molar-refractivity contribution in [2.24, 2.45) is 0 Å². The molecule has 9 heteroatoms. The third kappa shape index (κ3) is 2.95. The van der Waals surface area contributed by atoms with Gasteiger partial charge in [-0.2, -0.15) is 5.10 Å². The van der Waals surface area contributed by atoms with E-state index in [1.54, 1.807) is 16.2 Å². The Hall–Kier alpha value is -2.78. The summed E-state index contributed by atoms with van der Waals surface area (Å²) >= 11 is 1.55. The Labute approximate surface area is 153 Å². The number of benzene rings is 1. The molecular formula is C17H17N5O3S. The molecule has 1 aliphatic rings. The van der Waals surface area contributed by atoms with Crippen LogP contribution < -0.4 is 0 Å². The molecule has 8 nitrogen and oxygen atoms in total. The molecule has 1 fully saturated rings. The summed E-state index contributed by atoms with van der Waals surface area (Å²) in [7, 11) is 0. The lowest BCUT2D eigenvalue weighted by Crippen LogP contribution is -2.51. The highest BCUT2D eigenvalue weighted by Crippen LogP contribution is 2.33. The highest BCUT2D eigenvalue weighted by molar-refractivity contribution is 7.17. The van der Waals surface area contributed by atoms with Gasteiger partial charge in [-0.15, -0.1) is 11.3 Å². The minimum atomic E-state index is -0.872. The topological polar surface area (TPSA) is 102 Å². The SMILES string of the molecule is O=C(O)[C@@H](c1csc2ccccc12)N1CCN(C(=O)c2ncn[nH]2)CC1. The first kappa shape index (κ1) is 16.7. The zero-order chi connectivity index (χ0) is 18.1. The molecule has 1 aromatic carbocycles. The average Bonchev–Trinajstić information content (AvgIpc) is 3.32. The van der Waals surface area contributed by atoms with Crippen LogP contribution in [0.1, 0.15) is 22.2 Å². The number of carbonyl (C=O) groups excluding carboxylic acids is 1. The van der Waals surface area contributed by atoms with Crippen LogP contribution in [0.4, 0.5) is 0 Å². The number of carboxylic acids is 1. The molecular weight excluding hydrogens is 354 g/mol. The number of hydrogen-bond acceptors (Lipinski definition) is 6. The second kappa shape index (κ2) is 6.85.